The number of carbonyl (C=O) groups excluding carboxylic acids is 2. The van der Waals surface area contributed by atoms with Gasteiger partial charge in [-0.2, -0.15) is 0 Å². The molecule has 0 spiro atoms. The van der Waals surface area contributed by atoms with Crippen LogP contribution in [0.1, 0.15) is 6.42 Å². The van der Waals surface area contributed by atoms with Crippen molar-refractivity contribution in [3.8, 4) is 0 Å². The Morgan fingerprint density at radius 2 is 2.08 bits per heavy atom. The fourth-order valence-electron chi connectivity index (χ4n) is 2.00. The van der Waals surface area contributed by atoms with Crippen LogP contribution in [-0.4, -0.2) is 18.0 Å². The standard InChI is InChI=1S/C8H6O4/c9-7-4-1-3-2-5(11-3)6(4)8(10)12-7/h2,4-6H,1H2. The summed E-state index contributed by atoms with van der Waals surface area (Å²) in [6, 6.07) is 0. The van der Waals surface area contributed by atoms with Gasteiger partial charge in [-0.25, -0.2) is 0 Å². The van der Waals surface area contributed by atoms with Crippen molar-refractivity contribution < 1.29 is 19.1 Å². The minimum absolute atomic E-state index is 0.197. The molecule has 3 atom stereocenters. The molecule has 2 saturated heterocycles. The van der Waals surface area contributed by atoms with Gasteiger partial charge < -0.3 is 9.47 Å². The van der Waals surface area contributed by atoms with E-state index >= 15 is 0 Å². The molecular weight excluding hydrogens is 160 g/mol. The van der Waals surface area contributed by atoms with Crippen LogP contribution in [0, 0.1) is 11.8 Å². The minimum Gasteiger partial charge on any atom is -0.490 e. The number of carbonyl (C=O) groups is 2. The van der Waals surface area contributed by atoms with E-state index in [1.54, 1.807) is 0 Å². The summed E-state index contributed by atoms with van der Waals surface area (Å²) in [7, 11) is 0. The summed E-state index contributed by atoms with van der Waals surface area (Å²) < 4.78 is 9.73. The second kappa shape index (κ2) is 1.71. The first-order valence-corrected chi connectivity index (χ1v) is 3.88. The molecule has 4 rings (SSSR count). The second-order valence-corrected chi connectivity index (χ2v) is 3.29. The zero-order valence-corrected chi connectivity index (χ0v) is 6.15. The zero-order chi connectivity index (χ0) is 8.29. The van der Waals surface area contributed by atoms with Crippen LogP contribution < -0.4 is 0 Å². The fraction of sp³-hybridized carbons (Fsp3) is 0.500. The largest absolute Gasteiger partial charge is 0.490 e. The van der Waals surface area contributed by atoms with Gasteiger partial charge in [-0.15, -0.1) is 0 Å². The van der Waals surface area contributed by atoms with Gasteiger partial charge in [-0.3, -0.25) is 9.59 Å². The number of ether oxygens (including phenoxy) is 2. The van der Waals surface area contributed by atoms with E-state index in [0.29, 0.717) is 6.42 Å². The van der Waals surface area contributed by atoms with Crippen molar-refractivity contribution in [3.63, 3.8) is 0 Å². The van der Waals surface area contributed by atoms with Gasteiger partial charge in [0.1, 0.15) is 12.0 Å². The molecule has 4 aliphatic rings. The SMILES string of the molecule is O=C1OC(=O)C2C3C=C(CC12)O3. The van der Waals surface area contributed by atoms with Crippen molar-refractivity contribution in [3.05, 3.63) is 11.8 Å². The predicted molar refractivity (Wildman–Crippen MR) is 35.7 cm³/mol. The molecule has 2 fully saturated rings. The highest BCUT2D eigenvalue weighted by Gasteiger charge is 2.55. The molecule has 0 radical (unpaired) electrons. The Morgan fingerprint density at radius 1 is 1.33 bits per heavy atom. The van der Waals surface area contributed by atoms with Gasteiger partial charge in [0, 0.05) is 6.42 Å². The van der Waals surface area contributed by atoms with Crippen molar-refractivity contribution in [2.24, 2.45) is 11.8 Å². The number of hydrogen-bond acceptors (Lipinski definition) is 4. The summed E-state index contributed by atoms with van der Waals surface area (Å²) in [5.41, 5.74) is 0. The van der Waals surface area contributed by atoms with Crippen LogP contribution in [0.2, 0.25) is 0 Å². The summed E-state index contributed by atoms with van der Waals surface area (Å²) >= 11 is 0. The van der Waals surface area contributed by atoms with E-state index < -0.39 is 5.97 Å². The third-order valence-corrected chi connectivity index (χ3v) is 2.62. The minimum atomic E-state index is -0.426. The van der Waals surface area contributed by atoms with Crippen molar-refractivity contribution in [2.75, 3.05) is 0 Å². The highest BCUT2D eigenvalue weighted by Crippen LogP contribution is 2.44. The summed E-state index contributed by atoms with van der Waals surface area (Å²) in [6.45, 7) is 0. The molecule has 0 saturated carbocycles. The van der Waals surface area contributed by atoms with Gasteiger partial charge in [0.05, 0.1) is 11.7 Å². The molecule has 0 aromatic heterocycles. The molecule has 0 N–H and O–H groups in total. The van der Waals surface area contributed by atoms with E-state index in [2.05, 4.69) is 4.74 Å². The van der Waals surface area contributed by atoms with Crippen LogP contribution in [0.4, 0.5) is 0 Å². The molecule has 3 aliphatic heterocycles. The Bertz CT molecular complexity index is 317. The van der Waals surface area contributed by atoms with E-state index in [1.165, 1.54) is 0 Å². The molecule has 3 heterocycles. The van der Waals surface area contributed by atoms with Crippen LogP contribution in [0.3, 0.4) is 0 Å². The van der Waals surface area contributed by atoms with Crippen molar-refractivity contribution in [1.29, 1.82) is 0 Å². The summed E-state index contributed by atoms with van der Waals surface area (Å²) in [5, 5.41) is 0. The summed E-state index contributed by atoms with van der Waals surface area (Å²) in [5.74, 6) is -0.618. The first-order valence-electron chi connectivity index (χ1n) is 3.88. The Balaban J connectivity index is 2.03. The van der Waals surface area contributed by atoms with Crippen LogP contribution in [-0.2, 0) is 19.1 Å². The Kier molecular flexibility index (Phi) is 0.885. The fourth-order valence-corrected chi connectivity index (χ4v) is 2.00. The van der Waals surface area contributed by atoms with Gasteiger partial charge in [0.25, 0.3) is 0 Å². The molecule has 2 bridgehead atoms. The summed E-state index contributed by atoms with van der Waals surface area (Å²) in [4.78, 5) is 22.2. The average Bonchev–Trinajstić information content (AvgIpc) is 2.27. The second-order valence-electron chi connectivity index (χ2n) is 3.29. The molecule has 4 heteroatoms. The highest BCUT2D eigenvalue weighted by molar-refractivity contribution is 5.97. The number of cyclic esters (lactones) is 2. The normalized spacial score (nSPS) is 42.3. The van der Waals surface area contributed by atoms with E-state index in [4.69, 9.17) is 4.74 Å². The number of hydrogen-bond donors (Lipinski definition) is 0. The number of rotatable bonds is 0. The molecule has 0 aromatic carbocycles. The monoisotopic (exact) mass is 166 g/mol. The molecule has 0 amide bonds. The Hall–Kier alpha value is -1.32. The van der Waals surface area contributed by atoms with E-state index in [-0.39, 0.29) is 23.9 Å². The number of esters is 2. The van der Waals surface area contributed by atoms with Gasteiger partial charge in [-0.05, 0) is 6.08 Å². The Morgan fingerprint density at radius 3 is 2.75 bits per heavy atom. The number of allylic oxidation sites excluding steroid dienone is 1. The lowest BCUT2D eigenvalue weighted by atomic mass is 9.79. The van der Waals surface area contributed by atoms with Crippen LogP contribution in [0.15, 0.2) is 11.8 Å². The first kappa shape index (κ1) is 6.22. The van der Waals surface area contributed by atoms with Crippen molar-refractivity contribution in [1.82, 2.24) is 0 Å². The molecule has 62 valence electrons. The first-order chi connectivity index (χ1) is 5.75. The average molecular weight is 166 g/mol. The lowest BCUT2D eigenvalue weighted by Gasteiger charge is -2.37. The maximum Gasteiger partial charge on any atom is 0.321 e. The van der Waals surface area contributed by atoms with E-state index in [1.807, 2.05) is 6.08 Å². The lowest BCUT2D eigenvalue weighted by molar-refractivity contribution is -0.154. The van der Waals surface area contributed by atoms with E-state index in [9.17, 15) is 9.59 Å². The third-order valence-electron chi connectivity index (χ3n) is 2.62. The Labute approximate surface area is 68.1 Å². The van der Waals surface area contributed by atoms with Gasteiger partial charge in [0.15, 0.2) is 0 Å². The lowest BCUT2D eigenvalue weighted by Crippen LogP contribution is -2.42. The zero-order valence-electron chi connectivity index (χ0n) is 6.15. The van der Waals surface area contributed by atoms with Crippen LogP contribution in [0.5, 0.6) is 0 Å². The van der Waals surface area contributed by atoms with Crippen LogP contribution in [0.25, 0.3) is 0 Å². The van der Waals surface area contributed by atoms with E-state index in [0.717, 1.165) is 5.76 Å². The maximum absolute atomic E-state index is 11.1. The predicted octanol–water partition coefficient (Wildman–Crippen LogP) is -0.0114. The molecule has 4 nitrogen and oxygen atoms in total. The van der Waals surface area contributed by atoms with Crippen LogP contribution >= 0.6 is 0 Å². The van der Waals surface area contributed by atoms with Gasteiger partial charge in [-0.1, -0.05) is 0 Å². The van der Waals surface area contributed by atoms with Gasteiger partial charge in [0.2, 0.25) is 0 Å². The van der Waals surface area contributed by atoms with Crippen molar-refractivity contribution >= 4 is 11.9 Å². The van der Waals surface area contributed by atoms with Gasteiger partial charge >= 0.3 is 11.9 Å². The molecule has 3 unspecified atom stereocenters. The maximum atomic E-state index is 11.1. The van der Waals surface area contributed by atoms with Crippen molar-refractivity contribution in [2.45, 2.75) is 12.5 Å². The quantitative estimate of drug-likeness (QED) is 0.375. The molecular formula is C8H6O4. The molecule has 0 aromatic rings. The molecule has 1 aliphatic carbocycles. The topological polar surface area (TPSA) is 52.6 Å². The smallest absolute Gasteiger partial charge is 0.321 e. The molecule has 12 heavy (non-hydrogen) atoms. The highest BCUT2D eigenvalue weighted by atomic mass is 16.6. The third kappa shape index (κ3) is 0.544. The summed E-state index contributed by atoms with van der Waals surface area (Å²) in [6.07, 6.45) is 2.23.